The third-order valence-electron chi connectivity index (χ3n) is 4.34. The Hall–Kier alpha value is -1.06. The molecular formula is C17H28N2O. The zero-order valence-electron chi connectivity index (χ0n) is 13.3. The highest BCUT2D eigenvalue weighted by atomic mass is 16.5. The number of benzene rings is 1. The molecule has 2 unspecified atom stereocenters. The van der Waals surface area contributed by atoms with Gasteiger partial charge < -0.3 is 10.1 Å². The Morgan fingerprint density at radius 1 is 1.25 bits per heavy atom. The minimum absolute atomic E-state index is 0.315. The quantitative estimate of drug-likeness (QED) is 0.864. The van der Waals surface area contributed by atoms with E-state index in [4.69, 9.17) is 4.74 Å². The highest BCUT2D eigenvalue weighted by Gasteiger charge is 2.19. The number of likely N-dealkylation sites (tertiary alicyclic amines) is 1. The number of nitrogens with zero attached hydrogens (tertiary/aromatic N) is 1. The Kier molecular flexibility index (Phi) is 5.44. The minimum Gasteiger partial charge on any atom is -0.496 e. The molecule has 20 heavy (non-hydrogen) atoms. The van der Waals surface area contributed by atoms with E-state index in [9.17, 15) is 0 Å². The summed E-state index contributed by atoms with van der Waals surface area (Å²) in [5.74, 6) is 0.976. The lowest BCUT2D eigenvalue weighted by molar-refractivity contribution is 0.246. The average Bonchev–Trinajstić information content (AvgIpc) is 2.98. The number of aryl methyl sites for hydroxylation is 1. The molecule has 2 rings (SSSR count). The molecule has 1 aromatic carbocycles. The van der Waals surface area contributed by atoms with Gasteiger partial charge in [-0.1, -0.05) is 17.7 Å². The number of ether oxygens (including phenoxy) is 1. The van der Waals surface area contributed by atoms with Crippen molar-refractivity contribution < 1.29 is 4.74 Å². The summed E-state index contributed by atoms with van der Waals surface area (Å²) in [6, 6.07) is 7.30. The van der Waals surface area contributed by atoms with Gasteiger partial charge in [0, 0.05) is 24.2 Å². The lowest BCUT2D eigenvalue weighted by atomic mass is 10.0. The lowest BCUT2D eigenvalue weighted by Crippen LogP contribution is -2.39. The molecule has 3 heteroatoms. The summed E-state index contributed by atoms with van der Waals surface area (Å²) in [5.41, 5.74) is 2.53. The van der Waals surface area contributed by atoms with E-state index in [1.165, 1.54) is 37.1 Å². The summed E-state index contributed by atoms with van der Waals surface area (Å²) < 4.78 is 5.48. The van der Waals surface area contributed by atoms with Crippen molar-refractivity contribution >= 4 is 0 Å². The molecule has 1 heterocycles. The number of nitrogens with one attached hydrogen (secondary N) is 1. The smallest absolute Gasteiger partial charge is 0.123 e. The highest BCUT2D eigenvalue weighted by Crippen LogP contribution is 2.26. The standard InChI is InChI=1S/C17H28N2O/c1-13-7-8-17(20-4)16(11-13)15(3)18-12-14(2)19-9-5-6-10-19/h7-8,11,14-15,18H,5-6,9-10,12H2,1-4H3. The molecule has 0 bridgehead atoms. The second kappa shape index (κ2) is 7.09. The third kappa shape index (κ3) is 3.74. The van der Waals surface area contributed by atoms with Crippen LogP contribution in [0.1, 0.15) is 43.9 Å². The summed E-state index contributed by atoms with van der Waals surface area (Å²) in [6.45, 7) is 10.2. The summed E-state index contributed by atoms with van der Waals surface area (Å²) in [6.07, 6.45) is 2.71. The van der Waals surface area contributed by atoms with Gasteiger partial charge in [0.25, 0.3) is 0 Å². The fourth-order valence-corrected chi connectivity index (χ4v) is 2.96. The van der Waals surface area contributed by atoms with Gasteiger partial charge in [-0.05, 0) is 52.8 Å². The van der Waals surface area contributed by atoms with Crippen LogP contribution in [0, 0.1) is 6.92 Å². The molecular weight excluding hydrogens is 248 g/mol. The molecule has 1 aliphatic rings. The van der Waals surface area contributed by atoms with Gasteiger partial charge in [0.1, 0.15) is 5.75 Å². The van der Waals surface area contributed by atoms with E-state index in [1.54, 1.807) is 7.11 Å². The molecule has 0 amide bonds. The first-order chi connectivity index (χ1) is 9.61. The van der Waals surface area contributed by atoms with Crippen LogP contribution in [0.15, 0.2) is 18.2 Å². The zero-order valence-corrected chi connectivity index (χ0v) is 13.3. The SMILES string of the molecule is COc1ccc(C)cc1C(C)NCC(C)N1CCCC1. The van der Waals surface area contributed by atoms with Crippen LogP contribution in [-0.2, 0) is 0 Å². The molecule has 0 saturated carbocycles. The van der Waals surface area contributed by atoms with Gasteiger partial charge in [-0.2, -0.15) is 0 Å². The molecule has 1 aromatic rings. The molecule has 0 aliphatic carbocycles. The molecule has 0 radical (unpaired) electrons. The molecule has 0 spiro atoms. The van der Waals surface area contributed by atoms with Crippen molar-refractivity contribution in [2.24, 2.45) is 0 Å². The van der Waals surface area contributed by atoms with E-state index in [0.717, 1.165) is 12.3 Å². The topological polar surface area (TPSA) is 24.5 Å². The maximum atomic E-state index is 5.48. The number of hydrogen-bond donors (Lipinski definition) is 1. The molecule has 112 valence electrons. The Bertz CT molecular complexity index is 427. The Labute approximate surface area is 123 Å². The van der Waals surface area contributed by atoms with Crippen molar-refractivity contribution in [3.05, 3.63) is 29.3 Å². The first-order valence-electron chi connectivity index (χ1n) is 7.73. The zero-order chi connectivity index (χ0) is 14.5. The van der Waals surface area contributed by atoms with Crippen LogP contribution in [0.2, 0.25) is 0 Å². The van der Waals surface area contributed by atoms with Gasteiger partial charge >= 0.3 is 0 Å². The summed E-state index contributed by atoms with van der Waals surface area (Å²) >= 11 is 0. The number of hydrogen-bond acceptors (Lipinski definition) is 3. The van der Waals surface area contributed by atoms with Crippen molar-refractivity contribution in [2.75, 3.05) is 26.7 Å². The summed E-state index contributed by atoms with van der Waals surface area (Å²) in [5, 5.41) is 3.66. The second-order valence-electron chi connectivity index (χ2n) is 5.97. The van der Waals surface area contributed by atoms with E-state index < -0.39 is 0 Å². The molecule has 3 nitrogen and oxygen atoms in total. The van der Waals surface area contributed by atoms with Gasteiger partial charge in [-0.25, -0.2) is 0 Å². The average molecular weight is 276 g/mol. The summed E-state index contributed by atoms with van der Waals surface area (Å²) in [7, 11) is 1.74. The minimum atomic E-state index is 0.315. The first kappa shape index (κ1) is 15.3. The second-order valence-corrected chi connectivity index (χ2v) is 5.97. The number of rotatable bonds is 6. The molecule has 1 N–H and O–H groups in total. The predicted octanol–water partition coefficient (Wildman–Crippen LogP) is 3.14. The molecule has 1 saturated heterocycles. The highest BCUT2D eigenvalue weighted by molar-refractivity contribution is 5.38. The normalized spacial score (nSPS) is 19.0. The van der Waals surface area contributed by atoms with E-state index in [0.29, 0.717) is 12.1 Å². The van der Waals surface area contributed by atoms with Crippen LogP contribution < -0.4 is 10.1 Å². The van der Waals surface area contributed by atoms with Gasteiger partial charge in [-0.3, -0.25) is 4.90 Å². The Morgan fingerprint density at radius 3 is 2.60 bits per heavy atom. The largest absolute Gasteiger partial charge is 0.496 e. The van der Waals surface area contributed by atoms with Gasteiger partial charge in [-0.15, -0.1) is 0 Å². The van der Waals surface area contributed by atoms with Crippen molar-refractivity contribution in [2.45, 2.75) is 45.7 Å². The van der Waals surface area contributed by atoms with Gasteiger partial charge in [0.2, 0.25) is 0 Å². The van der Waals surface area contributed by atoms with Crippen molar-refractivity contribution in [3.63, 3.8) is 0 Å². The van der Waals surface area contributed by atoms with Crippen molar-refractivity contribution in [1.82, 2.24) is 10.2 Å². The predicted molar refractivity (Wildman–Crippen MR) is 84.4 cm³/mol. The van der Waals surface area contributed by atoms with Gasteiger partial charge in [0.15, 0.2) is 0 Å². The van der Waals surface area contributed by atoms with Crippen LogP contribution in [0.25, 0.3) is 0 Å². The maximum Gasteiger partial charge on any atom is 0.123 e. The van der Waals surface area contributed by atoms with E-state index >= 15 is 0 Å². The first-order valence-corrected chi connectivity index (χ1v) is 7.73. The van der Waals surface area contributed by atoms with E-state index in [2.05, 4.69) is 49.2 Å². The van der Waals surface area contributed by atoms with E-state index in [1.807, 2.05) is 0 Å². The number of methoxy groups -OCH3 is 1. The molecule has 2 atom stereocenters. The monoisotopic (exact) mass is 276 g/mol. The van der Waals surface area contributed by atoms with Crippen LogP contribution in [0.5, 0.6) is 5.75 Å². The lowest BCUT2D eigenvalue weighted by Gasteiger charge is -2.26. The fourth-order valence-electron chi connectivity index (χ4n) is 2.96. The van der Waals surface area contributed by atoms with Crippen molar-refractivity contribution in [3.8, 4) is 5.75 Å². The van der Waals surface area contributed by atoms with Crippen LogP contribution in [0.3, 0.4) is 0 Å². The molecule has 1 fully saturated rings. The fraction of sp³-hybridized carbons (Fsp3) is 0.647. The van der Waals surface area contributed by atoms with Crippen LogP contribution in [0.4, 0.5) is 0 Å². The Morgan fingerprint density at radius 2 is 1.95 bits per heavy atom. The molecule has 0 aromatic heterocycles. The van der Waals surface area contributed by atoms with Crippen LogP contribution >= 0.6 is 0 Å². The van der Waals surface area contributed by atoms with E-state index in [-0.39, 0.29) is 0 Å². The van der Waals surface area contributed by atoms with Crippen molar-refractivity contribution in [1.29, 1.82) is 0 Å². The van der Waals surface area contributed by atoms with Crippen LogP contribution in [-0.4, -0.2) is 37.7 Å². The van der Waals surface area contributed by atoms with Gasteiger partial charge in [0.05, 0.1) is 7.11 Å². The Balaban J connectivity index is 1.93. The summed E-state index contributed by atoms with van der Waals surface area (Å²) in [4.78, 5) is 2.58. The maximum absolute atomic E-state index is 5.48. The molecule has 1 aliphatic heterocycles. The third-order valence-corrected chi connectivity index (χ3v) is 4.34.